The third-order valence-electron chi connectivity index (χ3n) is 6.45. The molecule has 0 unspecified atom stereocenters. The standard InChI is InChI=1S/C18H37NP2/c1-14(2)13-19(20(7)15(3)9-10-16(20)4)21(8)17(5)11-12-18(21)6/h14-18H,7-13H2,1-6H3/t15-,16-,17-,18-/m1/s1. The minimum Gasteiger partial charge on any atom is -0.159 e. The van der Waals surface area contributed by atoms with Crippen molar-refractivity contribution in [2.24, 2.45) is 5.92 Å². The quantitative estimate of drug-likeness (QED) is 0.418. The van der Waals surface area contributed by atoms with Crippen molar-refractivity contribution in [2.75, 3.05) is 6.54 Å². The zero-order valence-electron chi connectivity index (χ0n) is 15.2. The van der Waals surface area contributed by atoms with Crippen LogP contribution in [0.15, 0.2) is 0 Å². The number of hydrogen-bond donors (Lipinski definition) is 0. The van der Waals surface area contributed by atoms with Gasteiger partial charge in [0.05, 0.1) is 29.2 Å². The van der Waals surface area contributed by atoms with Gasteiger partial charge >= 0.3 is 0 Å². The summed E-state index contributed by atoms with van der Waals surface area (Å²) in [5, 5.41) is 0. The molecule has 2 fully saturated rings. The summed E-state index contributed by atoms with van der Waals surface area (Å²) >= 11 is 0. The minimum atomic E-state index is -1.29. The summed E-state index contributed by atoms with van der Waals surface area (Å²) in [6, 6.07) is 0. The van der Waals surface area contributed by atoms with Gasteiger partial charge in [0.25, 0.3) is 0 Å². The van der Waals surface area contributed by atoms with Gasteiger partial charge in [-0.3, -0.25) is 0 Å². The molecule has 0 amide bonds. The molecule has 0 aromatic rings. The highest BCUT2D eigenvalue weighted by molar-refractivity contribution is 7.90. The summed E-state index contributed by atoms with van der Waals surface area (Å²) in [4.78, 5) is 0. The molecule has 2 rings (SSSR count). The Morgan fingerprint density at radius 3 is 1.33 bits per heavy atom. The lowest BCUT2D eigenvalue weighted by molar-refractivity contribution is 0.519. The number of rotatable bonds is 4. The summed E-state index contributed by atoms with van der Waals surface area (Å²) in [5.41, 5.74) is 3.24. The van der Waals surface area contributed by atoms with Gasteiger partial charge in [0.15, 0.2) is 0 Å². The molecule has 2 saturated heterocycles. The maximum atomic E-state index is 4.97. The van der Waals surface area contributed by atoms with Crippen molar-refractivity contribution in [3.8, 4) is 0 Å². The maximum Gasteiger partial charge on any atom is 0.0650 e. The summed E-state index contributed by atoms with van der Waals surface area (Å²) in [5.74, 6) is 0.724. The molecule has 2 aliphatic heterocycles. The van der Waals surface area contributed by atoms with Gasteiger partial charge in [0, 0.05) is 0 Å². The van der Waals surface area contributed by atoms with E-state index in [0.717, 1.165) is 28.6 Å². The number of hydrogen-bond acceptors (Lipinski definition) is 1. The Kier molecular flexibility index (Phi) is 5.51. The highest BCUT2D eigenvalue weighted by atomic mass is 31.2. The van der Waals surface area contributed by atoms with Crippen LogP contribution in [0.1, 0.15) is 67.2 Å². The largest absolute Gasteiger partial charge is 0.159 e. The van der Waals surface area contributed by atoms with Crippen LogP contribution in [0.3, 0.4) is 0 Å². The van der Waals surface area contributed by atoms with Crippen LogP contribution in [0.25, 0.3) is 0 Å². The van der Waals surface area contributed by atoms with Crippen molar-refractivity contribution >= 4 is 14.8 Å². The van der Waals surface area contributed by atoms with Crippen LogP contribution in [0.4, 0.5) is 0 Å². The first kappa shape index (κ1) is 18.2. The third-order valence-corrected chi connectivity index (χ3v) is 17.6. The van der Waals surface area contributed by atoms with Crippen LogP contribution in [0, 0.1) is 19.2 Å². The SMILES string of the molecule is [CH2-][P+]1(N(CC(C)C)[P+]2([CH2-])[C@H](C)CC[C@H]2C)[C@H](C)CC[C@H]1C. The molecule has 2 heterocycles. The van der Waals surface area contributed by atoms with E-state index < -0.39 is 14.8 Å². The Bertz CT molecular complexity index is 318. The van der Waals surface area contributed by atoms with Gasteiger partial charge in [-0.05, 0) is 74.1 Å². The molecule has 3 heteroatoms. The predicted molar refractivity (Wildman–Crippen MR) is 102 cm³/mol. The first-order valence-corrected chi connectivity index (χ1v) is 13.0. The van der Waals surface area contributed by atoms with Crippen molar-refractivity contribution in [2.45, 2.75) is 89.9 Å². The summed E-state index contributed by atoms with van der Waals surface area (Å²) in [7, 11) is -2.57. The monoisotopic (exact) mass is 329 g/mol. The molecule has 21 heavy (non-hydrogen) atoms. The predicted octanol–water partition coefficient (Wildman–Crippen LogP) is 6.53. The fourth-order valence-electron chi connectivity index (χ4n) is 4.58. The second-order valence-electron chi connectivity index (χ2n) is 8.27. The molecule has 0 bridgehead atoms. The Morgan fingerprint density at radius 2 is 1.10 bits per heavy atom. The van der Waals surface area contributed by atoms with Gasteiger partial charge in [0.2, 0.25) is 0 Å². The van der Waals surface area contributed by atoms with E-state index in [-0.39, 0.29) is 0 Å². The van der Waals surface area contributed by atoms with E-state index in [4.69, 9.17) is 13.3 Å². The van der Waals surface area contributed by atoms with E-state index in [9.17, 15) is 0 Å². The van der Waals surface area contributed by atoms with E-state index in [1.165, 1.54) is 32.2 Å². The molecular formula is C18H37NP2. The smallest absolute Gasteiger partial charge is 0.0650 e. The molecular weight excluding hydrogens is 292 g/mol. The normalized spacial score (nSPS) is 38.6. The summed E-state index contributed by atoms with van der Waals surface area (Å²) in [6.45, 7) is 25.8. The third kappa shape index (κ3) is 2.86. The average Bonchev–Trinajstić information content (AvgIpc) is 2.82. The molecule has 2 aliphatic rings. The average molecular weight is 329 g/mol. The second-order valence-corrected chi connectivity index (χ2v) is 16.6. The maximum absolute atomic E-state index is 4.97. The molecule has 0 aromatic heterocycles. The van der Waals surface area contributed by atoms with Crippen molar-refractivity contribution < 1.29 is 0 Å². The highest BCUT2D eigenvalue weighted by Crippen LogP contribution is 2.88. The van der Waals surface area contributed by atoms with Crippen molar-refractivity contribution in [3.05, 3.63) is 13.3 Å². The fourth-order valence-corrected chi connectivity index (χ4v) is 16.4. The van der Waals surface area contributed by atoms with Crippen LogP contribution >= 0.6 is 14.8 Å². The number of nitrogens with zero attached hydrogens (tertiary/aromatic N) is 1. The topological polar surface area (TPSA) is 3.24 Å². The minimum absolute atomic E-state index is 0.724. The first-order valence-electron chi connectivity index (χ1n) is 8.89. The van der Waals surface area contributed by atoms with Gasteiger partial charge < -0.3 is 0 Å². The second kappa shape index (κ2) is 6.37. The molecule has 0 saturated carbocycles. The zero-order valence-corrected chi connectivity index (χ0v) is 17.0. The molecule has 0 aliphatic carbocycles. The fraction of sp³-hybridized carbons (Fsp3) is 0.889. The first-order chi connectivity index (χ1) is 9.65. The lowest BCUT2D eigenvalue weighted by Gasteiger charge is -2.53. The zero-order chi connectivity index (χ0) is 16.0. The van der Waals surface area contributed by atoms with E-state index in [2.05, 4.69) is 46.0 Å². The van der Waals surface area contributed by atoms with Crippen LogP contribution in [-0.4, -0.2) is 33.6 Å². The molecule has 124 valence electrons. The van der Waals surface area contributed by atoms with E-state index in [0.29, 0.717) is 0 Å². The van der Waals surface area contributed by atoms with Gasteiger partial charge in [-0.25, -0.2) is 0 Å². The van der Waals surface area contributed by atoms with E-state index in [1.54, 1.807) is 0 Å². The van der Waals surface area contributed by atoms with Crippen LogP contribution in [0.2, 0.25) is 0 Å². The molecule has 4 atom stereocenters. The lowest BCUT2D eigenvalue weighted by Crippen LogP contribution is -2.36. The van der Waals surface area contributed by atoms with Crippen molar-refractivity contribution in [1.82, 2.24) is 4.44 Å². The van der Waals surface area contributed by atoms with Gasteiger partial charge in [0.1, 0.15) is 0 Å². The molecule has 0 spiro atoms. The van der Waals surface area contributed by atoms with Crippen molar-refractivity contribution in [3.63, 3.8) is 0 Å². The Labute approximate surface area is 135 Å². The van der Waals surface area contributed by atoms with E-state index >= 15 is 0 Å². The Morgan fingerprint density at radius 1 is 0.810 bits per heavy atom. The Hall–Kier alpha value is 0.820. The van der Waals surface area contributed by atoms with Gasteiger partial charge in [-0.1, -0.05) is 13.8 Å². The summed E-state index contributed by atoms with van der Waals surface area (Å²) in [6.07, 6.45) is 5.54. The van der Waals surface area contributed by atoms with Crippen LogP contribution < -0.4 is 0 Å². The molecule has 1 nitrogen and oxygen atoms in total. The van der Waals surface area contributed by atoms with Crippen LogP contribution in [0.5, 0.6) is 0 Å². The molecule has 0 N–H and O–H groups in total. The van der Waals surface area contributed by atoms with Crippen LogP contribution in [-0.2, 0) is 0 Å². The molecule has 0 radical (unpaired) electrons. The van der Waals surface area contributed by atoms with Gasteiger partial charge in [-0.15, -0.1) is 4.44 Å². The summed E-state index contributed by atoms with van der Waals surface area (Å²) < 4.78 is 3.00. The van der Waals surface area contributed by atoms with Crippen molar-refractivity contribution in [1.29, 1.82) is 0 Å². The van der Waals surface area contributed by atoms with Gasteiger partial charge in [-0.2, -0.15) is 13.3 Å². The Balaban J connectivity index is 2.43. The molecule has 0 aromatic carbocycles. The van der Waals surface area contributed by atoms with E-state index in [1.807, 2.05) is 0 Å². The highest BCUT2D eigenvalue weighted by Gasteiger charge is 2.60. The lowest BCUT2D eigenvalue weighted by atomic mass is 10.2.